The first-order chi connectivity index (χ1) is 9.61. The lowest BCUT2D eigenvalue weighted by Crippen LogP contribution is -2.27. The highest BCUT2D eigenvalue weighted by molar-refractivity contribution is 7.11. The van der Waals surface area contributed by atoms with E-state index in [9.17, 15) is 9.59 Å². The Bertz CT molecular complexity index is 595. The van der Waals surface area contributed by atoms with Crippen LogP contribution in [-0.2, 0) is 4.74 Å². The van der Waals surface area contributed by atoms with Gasteiger partial charge in [0, 0.05) is 5.38 Å². The van der Waals surface area contributed by atoms with Gasteiger partial charge in [-0.2, -0.15) is 5.10 Å². The number of thiazole rings is 1. The number of carbonyl (C=O) groups is 2. The van der Waals surface area contributed by atoms with Crippen LogP contribution in [0.4, 0.5) is 0 Å². The van der Waals surface area contributed by atoms with Crippen molar-refractivity contribution in [1.82, 2.24) is 25.5 Å². The second-order valence-corrected chi connectivity index (χ2v) is 4.68. The van der Waals surface area contributed by atoms with Gasteiger partial charge in [-0.15, -0.1) is 11.3 Å². The Hall–Kier alpha value is -2.29. The molecule has 9 heteroatoms. The fourth-order valence-corrected chi connectivity index (χ4v) is 2.12. The maximum atomic E-state index is 12.0. The van der Waals surface area contributed by atoms with Crippen molar-refractivity contribution in [3.05, 3.63) is 28.2 Å². The Morgan fingerprint density at radius 1 is 1.55 bits per heavy atom. The molecule has 0 saturated heterocycles. The van der Waals surface area contributed by atoms with Crippen molar-refractivity contribution in [2.24, 2.45) is 0 Å². The fraction of sp³-hybridized carbons (Fsp3) is 0.364. The number of rotatable bonds is 5. The molecule has 2 aromatic rings. The van der Waals surface area contributed by atoms with Crippen molar-refractivity contribution < 1.29 is 14.3 Å². The van der Waals surface area contributed by atoms with Crippen LogP contribution in [0, 0.1) is 0 Å². The number of hydrogen-bond acceptors (Lipinski definition) is 7. The summed E-state index contributed by atoms with van der Waals surface area (Å²) in [5, 5.41) is 10.7. The Balaban J connectivity index is 2.01. The van der Waals surface area contributed by atoms with E-state index in [0.717, 1.165) is 11.3 Å². The van der Waals surface area contributed by atoms with Crippen LogP contribution in [-0.4, -0.2) is 38.6 Å². The molecule has 2 heterocycles. The van der Waals surface area contributed by atoms with Crippen molar-refractivity contribution in [2.45, 2.75) is 19.9 Å². The van der Waals surface area contributed by atoms with Gasteiger partial charge in [0.15, 0.2) is 0 Å². The topological polar surface area (TPSA) is 110 Å². The Labute approximate surface area is 118 Å². The molecule has 0 saturated carbocycles. The van der Waals surface area contributed by atoms with Gasteiger partial charge in [-0.25, -0.2) is 14.8 Å². The third kappa shape index (κ3) is 3.18. The van der Waals surface area contributed by atoms with E-state index in [2.05, 4.69) is 25.5 Å². The number of ether oxygens (including phenoxy) is 1. The molecule has 2 aromatic heterocycles. The summed E-state index contributed by atoms with van der Waals surface area (Å²) < 4.78 is 4.82. The van der Waals surface area contributed by atoms with Crippen LogP contribution in [0.2, 0.25) is 0 Å². The van der Waals surface area contributed by atoms with Crippen molar-refractivity contribution >= 4 is 23.2 Å². The van der Waals surface area contributed by atoms with Crippen molar-refractivity contribution in [3.63, 3.8) is 0 Å². The molecule has 0 bridgehead atoms. The van der Waals surface area contributed by atoms with E-state index in [0.29, 0.717) is 5.82 Å². The average molecular weight is 295 g/mol. The molecule has 0 aliphatic rings. The molecule has 1 unspecified atom stereocenters. The monoisotopic (exact) mass is 295 g/mol. The number of nitrogens with one attached hydrogen (secondary N) is 2. The number of nitrogens with zero attached hydrogens (tertiary/aromatic N) is 3. The summed E-state index contributed by atoms with van der Waals surface area (Å²) >= 11 is 1.07. The second-order valence-electron chi connectivity index (χ2n) is 3.82. The molecule has 0 radical (unpaired) electrons. The summed E-state index contributed by atoms with van der Waals surface area (Å²) in [7, 11) is 0. The normalized spacial score (nSPS) is 11.9. The number of esters is 1. The van der Waals surface area contributed by atoms with Gasteiger partial charge in [0.05, 0.1) is 12.6 Å². The van der Waals surface area contributed by atoms with Gasteiger partial charge in [0.2, 0.25) is 5.01 Å². The predicted molar refractivity (Wildman–Crippen MR) is 70.3 cm³/mol. The van der Waals surface area contributed by atoms with Crippen molar-refractivity contribution in [3.8, 4) is 0 Å². The van der Waals surface area contributed by atoms with E-state index in [1.807, 2.05) is 0 Å². The van der Waals surface area contributed by atoms with Gasteiger partial charge < -0.3 is 10.1 Å². The van der Waals surface area contributed by atoms with E-state index in [1.165, 1.54) is 11.7 Å². The molecule has 0 fully saturated rings. The molecular weight excluding hydrogens is 282 g/mol. The second kappa shape index (κ2) is 6.24. The van der Waals surface area contributed by atoms with Gasteiger partial charge in [0.25, 0.3) is 5.91 Å². The largest absolute Gasteiger partial charge is 0.461 e. The third-order valence-electron chi connectivity index (χ3n) is 2.38. The molecule has 0 spiro atoms. The van der Waals surface area contributed by atoms with Gasteiger partial charge in [-0.05, 0) is 13.8 Å². The van der Waals surface area contributed by atoms with Gasteiger partial charge in [-0.3, -0.25) is 9.89 Å². The average Bonchev–Trinajstić information content (AvgIpc) is 3.10. The highest BCUT2D eigenvalue weighted by Crippen LogP contribution is 2.12. The Morgan fingerprint density at radius 2 is 2.35 bits per heavy atom. The first-order valence-corrected chi connectivity index (χ1v) is 6.78. The van der Waals surface area contributed by atoms with Crippen LogP contribution < -0.4 is 5.32 Å². The molecule has 8 nitrogen and oxygen atoms in total. The number of amides is 1. The number of carbonyl (C=O) groups excluding carboxylic acids is 2. The predicted octanol–water partition coefficient (Wildman–Crippen LogP) is 0.929. The molecular formula is C11H13N5O3S. The van der Waals surface area contributed by atoms with Crippen LogP contribution in [0.1, 0.15) is 46.0 Å². The minimum absolute atomic E-state index is 0.157. The molecule has 20 heavy (non-hydrogen) atoms. The van der Waals surface area contributed by atoms with Gasteiger partial charge in [0.1, 0.15) is 17.8 Å². The highest BCUT2D eigenvalue weighted by atomic mass is 32.1. The number of aromatic amines is 1. The highest BCUT2D eigenvalue weighted by Gasteiger charge is 2.18. The molecule has 1 atom stereocenters. The van der Waals surface area contributed by atoms with Crippen LogP contribution in [0.15, 0.2) is 11.7 Å². The first-order valence-electron chi connectivity index (χ1n) is 5.90. The van der Waals surface area contributed by atoms with E-state index >= 15 is 0 Å². The minimum Gasteiger partial charge on any atom is -0.461 e. The molecule has 2 rings (SSSR count). The third-order valence-corrected chi connectivity index (χ3v) is 3.20. The van der Waals surface area contributed by atoms with Gasteiger partial charge >= 0.3 is 5.97 Å². The van der Waals surface area contributed by atoms with Crippen LogP contribution in [0.25, 0.3) is 0 Å². The molecule has 0 aliphatic heterocycles. The standard InChI is InChI=1S/C11H13N5O3S/c1-3-19-11(18)10-15-7(4-20-10)9(17)14-6(2)8-12-5-13-16-8/h4-6H,3H2,1-2H3,(H,14,17)(H,12,13,16). The zero-order valence-corrected chi connectivity index (χ0v) is 11.7. The Kier molecular flexibility index (Phi) is 4.41. The smallest absolute Gasteiger partial charge is 0.367 e. The fourth-order valence-electron chi connectivity index (χ4n) is 1.43. The van der Waals surface area contributed by atoms with E-state index in [-0.39, 0.29) is 29.3 Å². The molecule has 1 amide bonds. The lowest BCUT2D eigenvalue weighted by atomic mass is 10.3. The molecule has 0 aromatic carbocycles. The Morgan fingerprint density at radius 3 is 3.00 bits per heavy atom. The summed E-state index contributed by atoms with van der Waals surface area (Å²) in [4.78, 5) is 31.3. The lowest BCUT2D eigenvalue weighted by molar-refractivity contribution is 0.0526. The zero-order chi connectivity index (χ0) is 14.5. The zero-order valence-electron chi connectivity index (χ0n) is 10.9. The molecule has 106 valence electrons. The SMILES string of the molecule is CCOC(=O)c1nc(C(=O)NC(C)c2ncn[nH]2)cs1. The summed E-state index contributed by atoms with van der Waals surface area (Å²) in [5.74, 6) is -0.375. The summed E-state index contributed by atoms with van der Waals surface area (Å²) in [5.41, 5.74) is 0.171. The van der Waals surface area contributed by atoms with Crippen LogP contribution in [0.5, 0.6) is 0 Å². The molecule has 2 N–H and O–H groups in total. The van der Waals surface area contributed by atoms with Crippen LogP contribution in [0.3, 0.4) is 0 Å². The van der Waals surface area contributed by atoms with Crippen molar-refractivity contribution in [2.75, 3.05) is 6.61 Å². The number of hydrogen-bond donors (Lipinski definition) is 2. The number of aromatic nitrogens is 4. The molecule has 0 aliphatic carbocycles. The first kappa shape index (κ1) is 14.1. The van der Waals surface area contributed by atoms with Gasteiger partial charge in [-0.1, -0.05) is 0 Å². The maximum absolute atomic E-state index is 12.0. The van der Waals surface area contributed by atoms with Crippen LogP contribution >= 0.6 is 11.3 Å². The van der Waals surface area contributed by atoms with E-state index < -0.39 is 5.97 Å². The number of H-pyrrole nitrogens is 1. The lowest BCUT2D eigenvalue weighted by Gasteiger charge is -2.09. The summed E-state index contributed by atoms with van der Waals surface area (Å²) in [6.45, 7) is 3.73. The summed E-state index contributed by atoms with van der Waals surface area (Å²) in [6, 6.07) is -0.335. The van der Waals surface area contributed by atoms with E-state index in [1.54, 1.807) is 13.8 Å². The quantitative estimate of drug-likeness (QED) is 0.794. The maximum Gasteiger partial charge on any atom is 0.367 e. The summed E-state index contributed by atoms with van der Waals surface area (Å²) in [6.07, 6.45) is 1.36. The van der Waals surface area contributed by atoms with Crippen molar-refractivity contribution in [1.29, 1.82) is 0 Å². The minimum atomic E-state index is -0.528. The van der Waals surface area contributed by atoms with E-state index in [4.69, 9.17) is 4.74 Å².